The van der Waals surface area contributed by atoms with Gasteiger partial charge in [0, 0.05) is 0 Å². The number of alkyl halides is 3. The van der Waals surface area contributed by atoms with Gasteiger partial charge in [-0.1, -0.05) is 33.1 Å². The van der Waals surface area contributed by atoms with Gasteiger partial charge in [0.1, 0.15) is 12.8 Å². The Labute approximate surface area is 103 Å². The molecule has 0 nitrogen and oxygen atoms in total. The molecule has 0 aromatic heterocycles. The van der Waals surface area contributed by atoms with Crippen LogP contribution in [0.4, 0.5) is 13.2 Å². The third-order valence-electron chi connectivity index (χ3n) is 4.32. The van der Waals surface area contributed by atoms with Gasteiger partial charge >= 0.3 is 0 Å². The van der Waals surface area contributed by atoms with Gasteiger partial charge < -0.3 is 0 Å². The maximum atomic E-state index is 13.5. The predicted molar refractivity (Wildman–Crippen MR) is 65.3 cm³/mol. The van der Waals surface area contributed by atoms with E-state index in [-0.39, 0.29) is 12.3 Å². The Balaban J connectivity index is 2.42. The van der Waals surface area contributed by atoms with Gasteiger partial charge in [0.25, 0.3) is 0 Å². The van der Waals surface area contributed by atoms with Gasteiger partial charge in [0.15, 0.2) is 6.17 Å². The van der Waals surface area contributed by atoms with Crippen LogP contribution in [0.5, 0.6) is 0 Å². The summed E-state index contributed by atoms with van der Waals surface area (Å²) >= 11 is 0. The summed E-state index contributed by atoms with van der Waals surface area (Å²) in [6.45, 7) is 3.08. The molecule has 0 spiro atoms. The van der Waals surface area contributed by atoms with Crippen molar-refractivity contribution in [1.82, 2.24) is 0 Å². The summed E-state index contributed by atoms with van der Waals surface area (Å²) < 4.78 is 38.4. The summed E-state index contributed by atoms with van der Waals surface area (Å²) in [4.78, 5) is 0. The van der Waals surface area contributed by atoms with E-state index in [4.69, 9.17) is 0 Å². The molecule has 1 aliphatic rings. The summed E-state index contributed by atoms with van der Waals surface area (Å²) in [6.07, 6.45) is 2.16. The highest BCUT2D eigenvalue weighted by atomic mass is 19.2. The number of hydrogen-bond donors (Lipinski definition) is 0. The van der Waals surface area contributed by atoms with Crippen LogP contribution in [-0.2, 0) is 0 Å². The Kier molecular flexibility index (Phi) is 6.35. The van der Waals surface area contributed by atoms with Crippen molar-refractivity contribution in [2.45, 2.75) is 64.7 Å². The Hall–Kier alpha value is -0.210. The highest BCUT2D eigenvalue weighted by Crippen LogP contribution is 2.37. The number of hydrogen-bond acceptors (Lipinski definition) is 0. The predicted octanol–water partition coefficient (Wildman–Crippen LogP) is 4.87. The molecule has 3 unspecified atom stereocenters. The van der Waals surface area contributed by atoms with Crippen molar-refractivity contribution in [3.63, 3.8) is 0 Å². The minimum Gasteiger partial charge on any atom is -0.248 e. The normalized spacial score (nSPS) is 30.9. The first-order chi connectivity index (χ1) is 8.08. The van der Waals surface area contributed by atoms with Crippen LogP contribution in [0.1, 0.15) is 52.4 Å². The molecule has 1 rings (SSSR count). The summed E-state index contributed by atoms with van der Waals surface area (Å²) in [6, 6.07) is 0. The van der Waals surface area contributed by atoms with Gasteiger partial charge in [-0.15, -0.1) is 0 Å². The van der Waals surface area contributed by atoms with Gasteiger partial charge in [-0.25, -0.2) is 13.2 Å². The van der Waals surface area contributed by atoms with Crippen molar-refractivity contribution in [3.8, 4) is 0 Å². The van der Waals surface area contributed by atoms with Gasteiger partial charge in [-0.3, -0.25) is 0 Å². The van der Waals surface area contributed by atoms with Crippen LogP contribution in [-0.4, -0.2) is 19.0 Å². The van der Waals surface area contributed by atoms with E-state index in [2.05, 4.69) is 6.92 Å². The number of halogens is 3. The maximum absolute atomic E-state index is 13.5. The Morgan fingerprint density at radius 3 is 2.12 bits per heavy atom. The van der Waals surface area contributed by atoms with Crippen LogP contribution in [0.25, 0.3) is 0 Å². The molecule has 102 valence electrons. The number of rotatable bonds is 6. The van der Waals surface area contributed by atoms with Crippen molar-refractivity contribution in [2.24, 2.45) is 17.8 Å². The summed E-state index contributed by atoms with van der Waals surface area (Å²) in [5, 5.41) is 0. The second kappa shape index (κ2) is 7.27. The van der Waals surface area contributed by atoms with E-state index in [1.807, 2.05) is 6.92 Å². The Morgan fingerprint density at radius 1 is 1.06 bits per heavy atom. The van der Waals surface area contributed by atoms with E-state index < -0.39 is 19.0 Å². The molecule has 1 aliphatic carbocycles. The van der Waals surface area contributed by atoms with Gasteiger partial charge in [0.2, 0.25) is 0 Å². The molecule has 0 saturated heterocycles. The molecule has 0 aliphatic heterocycles. The molecule has 3 atom stereocenters. The molecule has 1 saturated carbocycles. The first kappa shape index (κ1) is 14.8. The van der Waals surface area contributed by atoms with Gasteiger partial charge in [0.05, 0.1) is 0 Å². The molecule has 0 heterocycles. The second-order valence-electron chi connectivity index (χ2n) is 5.61. The molecule has 0 radical (unpaired) electrons. The summed E-state index contributed by atoms with van der Waals surface area (Å²) in [7, 11) is 0. The fourth-order valence-electron chi connectivity index (χ4n) is 2.98. The smallest absolute Gasteiger partial charge is 0.159 e. The first-order valence-corrected chi connectivity index (χ1v) is 6.92. The lowest BCUT2D eigenvalue weighted by Crippen LogP contribution is -2.27. The minimum absolute atomic E-state index is 0.195. The molecular formula is C14H25F3. The van der Waals surface area contributed by atoms with Crippen LogP contribution in [0, 0.1) is 17.8 Å². The zero-order valence-corrected chi connectivity index (χ0v) is 11.0. The average Bonchev–Trinajstić information content (AvgIpc) is 2.35. The van der Waals surface area contributed by atoms with E-state index in [9.17, 15) is 13.2 Å². The SMILES string of the molecule is CCC(CC(F)C(F)CF)C1CCC(C)CC1. The molecule has 17 heavy (non-hydrogen) atoms. The van der Waals surface area contributed by atoms with Crippen molar-refractivity contribution in [1.29, 1.82) is 0 Å². The van der Waals surface area contributed by atoms with Gasteiger partial charge in [-0.2, -0.15) is 0 Å². The van der Waals surface area contributed by atoms with Crippen LogP contribution >= 0.6 is 0 Å². The van der Waals surface area contributed by atoms with E-state index in [0.717, 1.165) is 25.2 Å². The molecule has 1 fully saturated rings. The highest BCUT2D eigenvalue weighted by Gasteiger charge is 2.30. The Morgan fingerprint density at radius 2 is 1.65 bits per heavy atom. The second-order valence-corrected chi connectivity index (χ2v) is 5.61. The molecule has 0 aromatic rings. The third kappa shape index (κ3) is 4.51. The zero-order valence-electron chi connectivity index (χ0n) is 11.0. The standard InChI is InChI=1S/C14H25F3/c1-3-11(8-13(16)14(17)9-15)12-6-4-10(2)5-7-12/h10-14H,3-9H2,1-2H3. The molecular weight excluding hydrogens is 225 g/mol. The quantitative estimate of drug-likeness (QED) is 0.630. The third-order valence-corrected chi connectivity index (χ3v) is 4.32. The first-order valence-electron chi connectivity index (χ1n) is 6.92. The van der Waals surface area contributed by atoms with Crippen molar-refractivity contribution < 1.29 is 13.2 Å². The average molecular weight is 250 g/mol. The molecule has 3 heteroatoms. The molecule has 0 N–H and O–H groups in total. The van der Waals surface area contributed by atoms with Crippen LogP contribution < -0.4 is 0 Å². The van der Waals surface area contributed by atoms with Crippen LogP contribution in [0.3, 0.4) is 0 Å². The molecule has 0 bridgehead atoms. The van der Waals surface area contributed by atoms with E-state index in [1.54, 1.807) is 0 Å². The summed E-state index contributed by atoms with van der Waals surface area (Å²) in [5.74, 6) is 1.51. The maximum Gasteiger partial charge on any atom is 0.159 e. The lowest BCUT2D eigenvalue weighted by molar-refractivity contribution is 0.0910. The fraction of sp³-hybridized carbons (Fsp3) is 1.00. The fourth-order valence-corrected chi connectivity index (χ4v) is 2.98. The van der Waals surface area contributed by atoms with E-state index in [1.165, 1.54) is 12.8 Å². The molecule has 0 amide bonds. The minimum atomic E-state index is -1.92. The van der Waals surface area contributed by atoms with E-state index in [0.29, 0.717) is 5.92 Å². The van der Waals surface area contributed by atoms with Crippen molar-refractivity contribution in [3.05, 3.63) is 0 Å². The lowest BCUT2D eigenvalue weighted by Gasteiger charge is -2.33. The monoisotopic (exact) mass is 250 g/mol. The topological polar surface area (TPSA) is 0 Å². The Bertz CT molecular complexity index is 200. The zero-order chi connectivity index (χ0) is 12.8. The molecule has 0 aromatic carbocycles. The van der Waals surface area contributed by atoms with Crippen molar-refractivity contribution in [2.75, 3.05) is 6.67 Å². The van der Waals surface area contributed by atoms with Crippen molar-refractivity contribution >= 4 is 0 Å². The van der Waals surface area contributed by atoms with Crippen LogP contribution in [0.15, 0.2) is 0 Å². The largest absolute Gasteiger partial charge is 0.248 e. The van der Waals surface area contributed by atoms with Crippen LogP contribution in [0.2, 0.25) is 0 Å². The van der Waals surface area contributed by atoms with Gasteiger partial charge in [-0.05, 0) is 37.0 Å². The lowest BCUT2D eigenvalue weighted by atomic mass is 9.73. The highest BCUT2D eigenvalue weighted by molar-refractivity contribution is 4.80. The summed E-state index contributed by atoms with van der Waals surface area (Å²) in [5.41, 5.74) is 0. The van der Waals surface area contributed by atoms with E-state index >= 15 is 0 Å².